The summed E-state index contributed by atoms with van der Waals surface area (Å²) in [6.07, 6.45) is 3.33. The molecule has 2 rings (SSSR count). The second-order valence-corrected chi connectivity index (χ2v) is 7.71. The minimum absolute atomic E-state index is 0.106. The summed E-state index contributed by atoms with van der Waals surface area (Å²) in [6, 6.07) is 3.75. The summed E-state index contributed by atoms with van der Waals surface area (Å²) in [6.45, 7) is 1.08. The van der Waals surface area contributed by atoms with E-state index >= 15 is 0 Å². The van der Waals surface area contributed by atoms with Crippen molar-refractivity contribution in [2.45, 2.75) is 6.54 Å². The number of carbonyl (C=O) groups excluding carboxylic acids is 1. The molecule has 2 heterocycles. The molecule has 0 aliphatic rings. The topological polar surface area (TPSA) is 33.5 Å². The van der Waals surface area contributed by atoms with E-state index in [1.165, 1.54) is 11.3 Å². The van der Waals surface area contributed by atoms with E-state index in [1.807, 2.05) is 24.1 Å². The number of hydrogen-bond donors (Lipinski definition) is 0. The Labute approximate surface area is 126 Å². The highest BCUT2D eigenvalue weighted by Crippen LogP contribution is 2.32. The molecule has 0 radical (unpaired) electrons. The van der Waals surface area contributed by atoms with E-state index in [4.69, 9.17) is 4.42 Å². The number of rotatable bonds is 5. The minimum Gasteiger partial charge on any atom is -0.472 e. The van der Waals surface area contributed by atoms with E-state index in [-0.39, 0.29) is 5.78 Å². The predicted molar refractivity (Wildman–Crippen MR) is 79.1 cm³/mol. The Hall–Kier alpha value is -0.430. The number of likely N-dealkylation sites (N-methyl/N-ethyl adjacent to an activating group) is 1. The number of nitrogens with zero attached hydrogens (tertiary/aromatic N) is 1. The van der Waals surface area contributed by atoms with Crippen molar-refractivity contribution in [3.63, 3.8) is 0 Å². The number of hydrogen-bond acceptors (Lipinski definition) is 4. The highest BCUT2D eigenvalue weighted by atomic mass is 79.9. The SMILES string of the molecule is CN(CC(=O)c1cc(Br)sc1Br)Cc1ccoc1. The van der Waals surface area contributed by atoms with Crippen LogP contribution in [0.5, 0.6) is 0 Å². The molecule has 96 valence electrons. The van der Waals surface area contributed by atoms with Crippen molar-refractivity contribution in [1.29, 1.82) is 0 Å². The van der Waals surface area contributed by atoms with Gasteiger partial charge in [-0.25, -0.2) is 0 Å². The van der Waals surface area contributed by atoms with Crippen molar-refractivity contribution >= 4 is 49.0 Å². The van der Waals surface area contributed by atoms with Crippen LogP contribution in [-0.2, 0) is 6.54 Å². The van der Waals surface area contributed by atoms with E-state index < -0.39 is 0 Å². The third-order valence-corrected chi connectivity index (χ3v) is 4.74. The van der Waals surface area contributed by atoms with Gasteiger partial charge in [-0.1, -0.05) is 0 Å². The Balaban J connectivity index is 1.97. The smallest absolute Gasteiger partial charge is 0.178 e. The van der Waals surface area contributed by atoms with Gasteiger partial charge in [-0.2, -0.15) is 0 Å². The van der Waals surface area contributed by atoms with Crippen molar-refractivity contribution in [3.8, 4) is 0 Å². The van der Waals surface area contributed by atoms with Crippen LogP contribution in [0, 0.1) is 0 Å². The molecule has 2 aromatic heterocycles. The Morgan fingerprint density at radius 3 is 2.83 bits per heavy atom. The predicted octanol–water partition coefficient (Wildman–Crippen LogP) is 4.18. The van der Waals surface area contributed by atoms with Crippen molar-refractivity contribution < 1.29 is 9.21 Å². The average Bonchev–Trinajstić information content (AvgIpc) is 2.88. The number of carbonyl (C=O) groups is 1. The first-order chi connectivity index (χ1) is 8.56. The largest absolute Gasteiger partial charge is 0.472 e. The quantitative estimate of drug-likeness (QED) is 0.715. The molecule has 0 N–H and O–H groups in total. The Morgan fingerprint density at radius 2 is 2.28 bits per heavy atom. The van der Waals surface area contributed by atoms with E-state index in [1.54, 1.807) is 12.5 Å². The molecular formula is C12H11Br2NO2S. The maximum atomic E-state index is 12.1. The molecule has 0 saturated carbocycles. The van der Waals surface area contributed by atoms with Gasteiger partial charge in [0.15, 0.2) is 5.78 Å². The molecular weight excluding hydrogens is 382 g/mol. The first kappa shape index (κ1) is 14.0. The summed E-state index contributed by atoms with van der Waals surface area (Å²) in [5.74, 6) is 0.106. The van der Waals surface area contributed by atoms with Gasteiger partial charge in [0, 0.05) is 17.7 Å². The fraction of sp³-hybridized carbons (Fsp3) is 0.250. The van der Waals surface area contributed by atoms with Gasteiger partial charge in [0.2, 0.25) is 0 Å². The zero-order chi connectivity index (χ0) is 13.1. The zero-order valence-corrected chi connectivity index (χ0v) is 13.6. The average molecular weight is 393 g/mol. The first-order valence-electron chi connectivity index (χ1n) is 5.24. The van der Waals surface area contributed by atoms with Crippen LogP contribution < -0.4 is 0 Å². The number of ketones is 1. The Kier molecular flexibility index (Phi) is 4.77. The van der Waals surface area contributed by atoms with Crippen molar-refractivity contribution in [1.82, 2.24) is 4.90 Å². The van der Waals surface area contributed by atoms with Gasteiger partial charge in [-0.3, -0.25) is 9.69 Å². The van der Waals surface area contributed by atoms with Crippen molar-refractivity contribution in [2.24, 2.45) is 0 Å². The lowest BCUT2D eigenvalue weighted by molar-refractivity contribution is 0.0942. The molecule has 0 bridgehead atoms. The second kappa shape index (κ2) is 6.14. The fourth-order valence-electron chi connectivity index (χ4n) is 1.61. The number of thiophene rings is 1. The maximum absolute atomic E-state index is 12.1. The highest BCUT2D eigenvalue weighted by molar-refractivity contribution is 9.12. The molecule has 2 aromatic rings. The molecule has 0 unspecified atom stereocenters. The minimum atomic E-state index is 0.106. The lowest BCUT2D eigenvalue weighted by Crippen LogP contribution is -2.25. The van der Waals surface area contributed by atoms with E-state index in [2.05, 4.69) is 31.9 Å². The number of furan rings is 1. The molecule has 0 atom stereocenters. The first-order valence-corrected chi connectivity index (χ1v) is 7.64. The lowest BCUT2D eigenvalue weighted by Gasteiger charge is -2.14. The summed E-state index contributed by atoms with van der Waals surface area (Å²) in [7, 11) is 1.92. The van der Waals surface area contributed by atoms with Gasteiger partial charge < -0.3 is 4.42 Å². The highest BCUT2D eigenvalue weighted by Gasteiger charge is 2.15. The van der Waals surface area contributed by atoms with Crippen LogP contribution in [0.15, 0.2) is 36.6 Å². The molecule has 0 aliphatic carbocycles. The Morgan fingerprint density at radius 1 is 1.50 bits per heavy atom. The van der Waals surface area contributed by atoms with Gasteiger partial charge in [0.1, 0.15) is 0 Å². The molecule has 3 nitrogen and oxygen atoms in total. The van der Waals surface area contributed by atoms with Crippen molar-refractivity contribution in [2.75, 3.05) is 13.6 Å². The molecule has 0 amide bonds. The van der Waals surface area contributed by atoms with Gasteiger partial charge in [-0.15, -0.1) is 11.3 Å². The van der Waals surface area contributed by atoms with Gasteiger partial charge in [-0.05, 0) is 51.0 Å². The molecule has 0 spiro atoms. The maximum Gasteiger partial charge on any atom is 0.178 e. The molecule has 0 aliphatic heterocycles. The summed E-state index contributed by atoms with van der Waals surface area (Å²) in [5.41, 5.74) is 1.79. The van der Waals surface area contributed by atoms with Crippen LogP contribution in [0.4, 0.5) is 0 Å². The second-order valence-electron chi connectivity index (χ2n) is 3.96. The molecule has 0 saturated heterocycles. The van der Waals surface area contributed by atoms with E-state index in [9.17, 15) is 4.79 Å². The zero-order valence-electron chi connectivity index (χ0n) is 9.65. The number of Topliss-reactive ketones (excluding diaryl/α,β-unsaturated/α-hetero) is 1. The van der Waals surface area contributed by atoms with Gasteiger partial charge in [0.25, 0.3) is 0 Å². The van der Waals surface area contributed by atoms with Gasteiger partial charge in [0.05, 0.1) is 26.6 Å². The summed E-state index contributed by atoms with van der Waals surface area (Å²) in [5, 5.41) is 0. The molecule has 18 heavy (non-hydrogen) atoms. The van der Waals surface area contributed by atoms with Crippen molar-refractivity contribution in [3.05, 3.63) is 43.4 Å². The molecule has 6 heteroatoms. The standard InChI is InChI=1S/C12H11Br2NO2S/c1-15(5-8-2-3-17-7-8)6-10(16)9-4-11(13)18-12(9)14/h2-4,7H,5-6H2,1H3. The summed E-state index contributed by atoms with van der Waals surface area (Å²) >= 11 is 8.29. The number of halogens is 2. The van der Waals surface area contributed by atoms with Crippen LogP contribution in [0.1, 0.15) is 15.9 Å². The third-order valence-electron chi connectivity index (χ3n) is 2.40. The Bertz CT molecular complexity index is 536. The van der Waals surface area contributed by atoms with Crippen LogP contribution >= 0.6 is 43.2 Å². The third kappa shape index (κ3) is 3.54. The molecule has 0 aromatic carbocycles. The van der Waals surface area contributed by atoms with Crippen LogP contribution in [0.2, 0.25) is 0 Å². The van der Waals surface area contributed by atoms with Gasteiger partial charge >= 0.3 is 0 Å². The van der Waals surface area contributed by atoms with Crippen LogP contribution in [-0.4, -0.2) is 24.3 Å². The molecule has 0 fully saturated rings. The van der Waals surface area contributed by atoms with Crippen LogP contribution in [0.3, 0.4) is 0 Å². The van der Waals surface area contributed by atoms with Crippen LogP contribution in [0.25, 0.3) is 0 Å². The summed E-state index contributed by atoms with van der Waals surface area (Å²) in [4.78, 5) is 14.1. The normalized spacial score (nSPS) is 11.1. The van der Waals surface area contributed by atoms with E-state index in [0.717, 1.165) is 18.7 Å². The fourth-order valence-corrected chi connectivity index (χ4v) is 4.47. The monoisotopic (exact) mass is 391 g/mol. The van der Waals surface area contributed by atoms with E-state index in [0.29, 0.717) is 13.1 Å². The summed E-state index contributed by atoms with van der Waals surface area (Å²) < 4.78 is 6.83. The lowest BCUT2D eigenvalue weighted by atomic mass is 10.2.